The van der Waals surface area contributed by atoms with E-state index >= 15 is 0 Å². The number of aliphatic hydroxyl groups excluding tert-OH is 1. The molecule has 5 heteroatoms. The number of hydrogen-bond acceptors (Lipinski definition) is 4. The number of methoxy groups -OCH3 is 1. The molecule has 3 aliphatic heterocycles. The van der Waals surface area contributed by atoms with Crippen molar-refractivity contribution < 1.29 is 9.84 Å². The summed E-state index contributed by atoms with van der Waals surface area (Å²) in [5.41, 5.74) is 3.57. The number of ether oxygens (including phenoxy) is 1. The van der Waals surface area contributed by atoms with Crippen LogP contribution in [0.25, 0.3) is 22.2 Å². The highest BCUT2D eigenvalue weighted by Gasteiger charge is 2.42. The van der Waals surface area contributed by atoms with E-state index in [0.717, 1.165) is 53.0 Å². The Morgan fingerprint density at radius 2 is 2.03 bits per heavy atom. The molecule has 1 aromatic heterocycles. The van der Waals surface area contributed by atoms with Crippen molar-refractivity contribution in [3.63, 3.8) is 0 Å². The molecule has 31 heavy (non-hydrogen) atoms. The van der Waals surface area contributed by atoms with Crippen molar-refractivity contribution in [2.45, 2.75) is 25.0 Å². The van der Waals surface area contributed by atoms with Gasteiger partial charge in [0.05, 0.1) is 24.4 Å². The predicted octanol–water partition coefficient (Wildman–Crippen LogP) is 5.49. The van der Waals surface area contributed by atoms with Gasteiger partial charge in [0.15, 0.2) is 0 Å². The van der Waals surface area contributed by atoms with Gasteiger partial charge in [-0.05, 0) is 73.2 Å². The Morgan fingerprint density at radius 1 is 1.23 bits per heavy atom. The summed E-state index contributed by atoms with van der Waals surface area (Å²) in [6.07, 6.45) is 3.66. The van der Waals surface area contributed by atoms with Gasteiger partial charge in [0, 0.05) is 28.6 Å². The first-order chi connectivity index (χ1) is 15.1. The highest BCUT2D eigenvalue weighted by Crippen LogP contribution is 2.43. The summed E-state index contributed by atoms with van der Waals surface area (Å²) < 4.78 is 5.46. The molecule has 6 rings (SSSR count). The molecule has 160 valence electrons. The van der Waals surface area contributed by atoms with Crippen LogP contribution in [0.3, 0.4) is 0 Å². The second-order valence-electron chi connectivity index (χ2n) is 8.68. The Balaban J connectivity index is 1.60. The second kappa shape index (κ2) is 8.27. The lowest BCUT2D eigenvalue weighted by Gasteiger charge is -2.50. The van der Waals surface area contributed by atoms with E-state index in [1.165, 1.54) is 6.42 Å². The normalized spacial score (nSPS) is 26.0. The van der Waals surface area contributed by atoms with Gasteiger partial charge < -0.3 is 9.84 Å². The van der Waals surface area contributed by atoms with E-state index in [9.17, 15) is 5.11 Å². The number of piperidine rings is 3. The average molecular weight is 435 g/mol. The van der Waals surface area contributed by atoms with E-state index in [2.05, 4.69) is 17.6 Å². The van der Waals surface area contributed by atoms with Crippen LogP contribution in [0.5, 0.6) is 5.75 Å². The fourth-order valence-electron chi connectivity index (χ4n) is 5.28. The number of fused-ring (bicyclic) bond motifs is 4. The summed E-state index contributed by atoms with van der Waals surface area (Å²) in [6, 6.07) is 15.7. The molecule has 3 aromatic rings. The monoisotopic (exact) mass is 434 g/mol. The van der Waals surface area contributed by atoms with E-state index in [1.807, 2.05) is 48.5 Å². The maximum absolute atomic E-state index is 11.6. The third kappa shape index (κ3) is 3.73. The van der Waals surface area contributed by atoms with Gasteiger partial charge in [-0.25, -0.2) is 4.98 Å². The zero-order valence-electron chi connectivity index (χ0n) is 17.7. The van der Waals surface area contributed by atoms with E-state index in [0.29, 0.717) is 16.9 Å². The summed E-state index contributed by atoms with van der Waals surface area (Å²) >= 11 is 6.08. The standard InChI is InChI=1S/C26H27ClN2O2/c1-3-16-15-29-11-10-18(16)12-25(29)26(30)22-14-24(17-4-6-19(27)7-5-17)28-23-9-8-20(31-2)13-21(22)23/h3-9,13-14,16,18,25-26,30H,1,10-12,15H2,2H3/t16-,18-,25-,26+/m0/s1. The van der Waals surface area contributed by atoms with Crippen LogP contribution in [-0.2, 0) is 0 Å². The van der Waals surface area contributed by atoms with E-state index < -0.39 is 6.10 Å². The van der Waals surface area contributed by atoms with Gasteiger partial charge in [0.1, 0.15) is 5.75 Å². The van der Waals surface area contributed by atoms with Crippen LogP contribution >= 0.6 is 11.6 Å². The summed E-state index contributed by atoms with van der Waals surface area (Å²) in [7, 11) is 1.66. The van der Waals surface area contributed by atoms with Crippen LogP contribution in [0.2, 0.25) is 5.02 Å². The van der Waals surface area contributed by atoms with Gasteiger partial charge in [-0.15, -0.1) is 6.58 Å². The van der Waals surface area contributed by atoms with Crippen molar-refractivity contribution in [3.05, 3.63) is 71.8 Å². The first kappa shape index (κ1) is 20.5. The zero-order chi connectivity index (χ0) is 21.5. The average Bonchev–Trinajstić information content (AvgIpc) is 2.83. The van der Waals surface area contributed by atoms with Gasteiger partial charge in [0.2, 0.25) is 0 Å². The van der Waals surface area contributed by atoms with E-state index in [4.69, 9.17) is 21.3 Å². The molecule has 0 radical (unpaired) electrons. The quantitative estimate of drug-likeness (QED) is 0.539. The van der Waals surface area contributed by atoms with Gasteiger partial charge in [-0.2, -0.15) is 0 Å². The molecule has 0 amide bonds. The molecule has 5 atom stereocenters. The Kier molecular flexibility index (Phi) is 5.47. The molecule has 2 aromatic carbocycles. The molecule has 3 saturated heterocycles. The minimum absolute atomic E-state index is 0.102. The molecule has 4 nitrogen and oxygen atoms in total. The number of nitrogens with zero attached hydrogens (tertiary/aromatic N) is 2. The smallest absolute Gasteiger partial charge is 0.119 e. The van der Waals surface area contributed by atoms with Crippen molar-refractivity contribution in [1.82, 2.24) is 9.88 Å². The van der Waals surface area contributed by atoms with Crippen molar-refractivity contribution >= 4 is 22.5 Å². The van der Waals surface area contributed by atoms with Gasteiger partial charge in [-0.1, -0.05) is 29.8 Å². The number of rotatable bonds is 5. The van der Waals surface area contributed by atoms with Crippen LogP contribution in [0.15, 0.2) is 61.2 Å². The molecule has 3 aliphatic rings. The maximum atomic E-state index is 11.6. The molecular weight excluding hydrogens is 408 g/mol. The number of aromatic nitrogens is 1. The van der Waals surface area contributed by atoms with Crippen LogP contribution in [0.4, 0.5) is 0 Å². The molecule has 0 spiro atoms. The summed E-state index contributed by atoms with van der Waals surface area (Å²) in [5.74, 6) is 1.89. The lowest BCUT2D eigenvalue weighted by Crippen LogP contribution is -2.54. The van der Waals surface area contributed by atoms with Crippen LogP contribution in [0, 0.1) is 11.8 Å². The van der Waals surface area contributed by atoms with Gasteiger partial charge >= 0.3 is 0 Å². The molecule has 1 unspecified atom stereocenters. The van der Waals surface area contributed by atoms with Gasteiger partial charge in [-0.3, -0.25) is 4.90 Å². The third-order valence-electron chi connectivity index (χ3n) is 7.02. The predicted molar refractivity (Wildman–Crippen MR) is 125 cm³/mol. The van der Waals surface area contributed by atoms with Crippen LogP contribution < -0.4 is 4.74 Å². The molecular formula is C26H27ClN2O2. The Morgan fingerprint density at radius 3 is 2.71 bits per heavy atom. The van der Waals surface area contributed by atoms with Crippen LogP contribution in [-0.4, -0.2) is 41.2 Å². The number of benzene rings is 2. The lowest BCUT2D eigenvalue weighted by atomic mass is 9.73. The Hall–Kier alpha value is -2.40. The zero-order valence-corrected chi connectivity index (χ0v) is 18.4. The summed E-state index contributed by atoms with van der Waals surface area (Å²) in [5, 5.41) is 13.3. The maximum Gasteiger partial charge on any atom is 0.119 e. The fourth-order valence-corrected chi connectivity index (χ4v) is 5.41. The lowest BCUT2D eigenvalue weighted by molar-refractivity contribution is -0.0444. The fraction of sp³-hybridized carbons (Fsp3) is 0.346. The molecule has 4 heterocycles. The molecule has 0 saturated carbocycles. The summed E-state index contributed by atoms with van der Waals surface area (Å²) in [6.45, 7) is 6.04. The SMILES string of the molecule is C=C[C@H]1CN2CC[C@H]1C[C@H]2[C@H](O)c1cc(-c2ccc(Cl)cc2)nc2ccc(OC)cc12. The largest absolute Gasteiger partial charge is 0.497 e. The van der Waals surface area contributed by atoms with E-state index in [-0.39, 0.29) is 6.04 Å². The van der Waals surface area contributed by atoms with Gasteiger partial charge in [0.25, 0.3) is 0 Å². The number of halogens is 1. The molecule has 1 N–H and O–H groups in total. The number of hydrogen-bond donors (Lipinski definition) is 1. The topological polar surface area (TPSA) is 45.6 Å². The number of aliphatic hydroxyl groups is 1. The molecule has 3 fully saturated rings. The van der Waals surface area contributed by atoms with Crippen molar-refractivity contribution in [2.75, 3.05) is 20.2 Å². The van der Waals surface area contributed by atoms with Crippen molar-refractivity contribution in [3.8, 4) is 17.0 Å². The highest BCUT2D eigenvalue weighted by atomic mass is 35.5. The first-order valence-corrected chi connectivity index (χ1v) is 11.2. The molecule has 2 bridgehead atoms. The Labute approximate surface area is 188 Å². The second-order valence-corrected chi connectivity index (χ2v) is 9.11. The molecule has 0 aliphatic carbocycles. The summed E-state index contributed by atoms with van der Waals surface area (Å²) in [4.78, 5) is 7.31. The minimum atomic E-state index is -0.600. The first-order valence-electron chi connectivity index (χ1n) is 10.9. The highest BCUT2D eigenvalue weighted by molar-refractivity contribution is 6.30. The van der Waals surface area contributed by atoms with Crippen molar-refractivity contribution in [2.24, 2.45) is 11.8 Å². The van der Waals surface area contributed by atoms with E-state index in [1.54, 1.807) is 7.11 Å². The van der Waals surface area contributed by atoms with Crippen LogP contribution in [0.1, 0.15) is 24.5 Å². The van der Waals surface area contributed by atoms with Crippen molar-refractivity contribution in [1.29, 1.82) is 0 Å². The third-order valence-corrected chi connectivity index (χ3v) is 7.28. The minimum Gasteiger partial charge on any atom is -0.497 e. The number of pyridine rings is 1. The Bertz CT molecular complexity index is 1110.